The Morgan fingerprint density at radius 1 is 1.09 bits per heavy atom. The molecule has 23 heavy (non-hydrogen) atoms. The molecule has 0 spiro atoms. The molecule has 0 unspecified atom stereocenters. The number of methoxy groups -OCH3 is 1. The molecule has 6 heteroatoms. The van der Waals surface area contributed by atoms with Gasteiger partial charge < -0.3 is 15.0 Å². The summed E-state index contributed by atoms with van der Waals surface area (Å²) in [5.74, 6) is 0.949. The average Bonchev–Trinajstić information content (AvgIpc) is 2.61. The Morgan fingerprint density at radius 2 is 1.78 bits per heavy atom. The van der Waals surface area contributed by atoms with Crippen LogP contribution in [0, 0.1) is 5.92 Å². The third-order valence-corrected chi connectivity index (χ3v) is 5.06. The fourth-order valence-corrected chi connectivity index (χ4v) is 3.54. The average molecular weight is 325 g/mol. The third-order valence-electron chi connectivity index (χ3n) is 5.06. The number of carbonyl (C=O) groups excluding carboxylic acids is 2. The van der Waals surface area contributed by atoms with E-state index in [1.807, 2.05) is 0 Å². The van der Waals surface area contributed by atoms with E-state index in [4.69, 9.17) is 4.74 Å². The largest absolute Gasteiger partial charge is 0.453 e. The highest BCUT2D eigenvalue weighted by Gasteiger charge is 2.21. The van der Waals surface area contributed by atoms with Gasteiger partial charge in [0.15, 0.2) is 0 Å². The van der Waals surface area contributed by atoms with Crippen molar-refractivity contribution in [3.63, 3.8) is 0 Å². The van der Waals surface area contributed by atoms with E-state index in [0.717, 1.165) is 32.0 Å². The highest BCUT2D eigenvalue weighted by atomic mass is 16.5. The molecule has 1 N–H and O–H groups in total. The molecule has 2 aliphatic rings. The highest BCUT2D eigenvalue weighted by molar-refractivity contribution is 5.75. The number of piperazine rings is 1. The van der Waals surface area contributed by atoms with Gasteiger partial charge in [-0.25, -0.2) is 4.79 Å². The van der Waals surface area contributed by atoms with Gasteiger partial charge in [-0.3, -0.25) is 9.69 Å². The van der Waals surface area contributed by atoms with Crippen LogP contribution in [0.2, 0.25) is 0 Å². The summed E-state index contributed by atoms with van der Waals surface area (Å²) < 4.78 is 4.73. The van der Waals surface area contributed by atoms with E-state index < -0.39 is 0 Å². The van der Waals surface area contributed by atoms with E-state index in [1.165, 1.54) is 39.2 Å². The Labute approximate surface area is 139 Å². The predicted octanol–water partition coefficient (Wildman–Crippen LogP) is 1.85. The molecule has 1 saturated carbocycles. The van der Waals surface area contributed by atoms with Crippen LogP contribution in [0.3, 0.4) is 0 Å². The van der Waals surface area contributed by atoms with E-state index in [9.17, 15) is 9.59 Å². The number of hydrogen-bond donors (Lipinski definition) is 1. The molecule has 1 saturated heterocycles. The zero-order valence-electron chi connectivity index (χ0n) is 14.4. The summed E-state index contributed by atoms with van der Waals surface area (Å²) in [5.41, 5.74) is 0. The van der Waals surface area contributed by atoms with E-state index in [1.54, 1.807) is 4.90 Å². The molecule has 0 radical (unpaired) electrons. The van der Waals surface area contributed by atoms with Crippen LogP contribution in [-0.2, 0) is 9.53 Å². The van der Waals surface area contributed by atoms with Crippen molar-refractivity contribution in [1.29, 1.82) is 0 Å². The van der Waals surface area contributed by atoms with Gasteiger partial charge in [0.1, 0.15) is 0 Å². The summed E-state index contributed by atoms with van der Waals surface area (Å²) >= 11 is 0. The van der Waals surface area contributed by atoms with Gasteiger partial charge in [0, 0.05) is 45.7 Å². The molecule has 0 aromatic heterocycles. The number of nitrogens with zero attached hydrogens (tertiary/aromatic N) is 2. The zero-order valence-corrected chi connectivity index (χ0v) is 14.4. The van der Waals surface area contributed by atoms with Crippen LogP contribution in [0.15, 0.2) is 0 Å². The summed E-state index contributed by atoms with van der Waals surface area (Å²) in [6.07, 6.45) is 8.11. The van der Waals surface area contributed by atoms with Crippen LogP contribution in [0.5, 0.6) is 0 Å². The summed E-state index contributed by atoms with van der Waals surface area (Å²) in [6.45, 7) is 4.62. The quantitative estimate of drug-likeness (QED) is 0.809. The smallest absolute Gasteiger partial charge is 0.409 e. The van der Waals surface area contributed by atoms with E-state index in [0.29, 0.717) is 26.1 Å². The molecule has 1 aliphatic heterocycles. The molecule has 0 bridgehead atoms. The SMILES string of the molecule is COC(=O)N1CCN(CCNC(=O)CCC2CCCCC2)CC1. The van der Waals surface area contributed by atoms with E-state index in [-0.39, 0.29) is 12.0 Å². The van der Waals surface area contributed by atoms with Gasteiger partial charge in [-0.1, -0.05) is 32.1 Å². The standard InChI is InChI=1S/C17H31N3O3/c1-23-17(22)20-13-11-19(12-14-20)10-9-18-16(21)8-7-15-5-3-2-4-6-15/h15H,2-14H2,1H3,(H,18,21). The van der Waals surface area contributed by atoms with Gasteiger partial charge in [0.2, 0.25) is 5.91 Å². The maximum absolute atomic E-state index is 11.9. The second-order valence-corrected chi connectivity index (χ2v) is 6.69. The third kappa shape index (κ3) is 6.37. The second-order valence-electron chi connectivity index (χ2n) is 6.69. The summed E-state index contributed by atoms with van der Waals surface area (Å²) in [6, 6.07) is 0. The lowest BCUT2D eigenvalue weighted by molar-refractivity contribution is -0.121. The lowest BCUT2D eigenvalue weighted by Gasteiger charge is -2.33. The fourth-order valence-electron chi connectivity index (χ4n) is 3.54. The lowest BCUT2D eigenvalue weighted by atomic mass is 9.86. The minimum Gasteiger partial charge on any atom is -0.453 e. The zero-order chi connectivity index (χ0) is 16.5. The van der Waals surface area contributed by atoms with Crippen LogP contribution < -0.4 is 5.32 Å². The molecular weight excluding hydrogens is 294 g/mol. The molecule has 2 fully saturated rings. The van der Waals surface area contributed by atoms with Gasteiger partial charge in [-0.2, -0.15) is 0 Å². The van der Waals surface area contributed by atoms with Crippen molar-refractivity contribution in [3.8, 4) is 0 Å². The first kappa shape index (κ1) is 18.0. The first-order valence-corrected chi connectivity index (χ1v) is 9.01. The van der Waals surface area contributed by atoms with Gasteiger partial charge in [0.25, 0.3) is 0 Å². The molecule has 2 rings (SSSR count). The van der Waals surface area contributed by atoms with Crippen LogP contribution in [0.1, 0.15) is 44.9 Å². The molecule has 132 valence electrons. The number of carbonyl (C=O) groups is 2. The predicted molar refractivity (Wildman–Crippen MR) is 89.2 cm³/mol. The van der Waals surface area contributed by atoms with Crippen LogP contribution >= 0.6 is 0 Å². The monoisotopic (exact) mass is 325 g/mol. The Hall–Kier alpha value is -1.30. The van der Waals surface area contributed by atoms with Crippen LogP contribution in [-0.4, -0.2) is 68.2 Å². The number of hydrogen-bond acceptors (Lipinski definition) is 4. The topological polar surface area (TPSA) is 61.9 Å². The number of rotatable bonds is 6. The van der Waals surface area contributed by atoms with Crippen molar-refractivity contribution >= 4 is 12.0 Å². The molecule has 6 nitrogen and oxygen atoms in total. The Balaban J connectivity index is 1.51. The van der Waals surface area contributed by atoms with E-state index >= 15 is 0 Å². The van der Waals surface area contributed by atoms with Crippen molar-refractivity contribution in [2.24, 2.45) is 5.92 Å². The number of nitrogens with one attached hydrogen (secondary N) is 1. The molecule has 2 amide bonds. The lowest BCUT2D eigenvalue weighted by Crippen LogP contribution is -2.50. The summed E-state index contributed by atoms with van der Waals surface area (Å²) in [7, 11) is 1.41. The normalized spacial score (nSPS) is 20.3. The fraction of sp³-hybridized carbons (Fsp3) is 0.882. The van der Waals surface area contributed by atoms with Gasteiger partial charge in [-0.05, 0) is 12.3 Å². The molecule has 0 aromatic rings. The molecule has 1 aliphatic carbocycles. The molecule has 0 atom stereocenters. The molecule has 0 aromatic carbocycles. The summed E-state index contributed by atoms with van der Waals surface area (Å²) in [5, 5.41) is 3.03. The molecule has 1 heterocycles. The first-order valence-electron chi connectivity index (χ1n) is 9.01. The maximum atomic E-state index is 11.9. The van der Waals surface area contributed by atoms with Crippen molar-refractivity contribution in [3.05, 3.63) is 0 Å². The van der Waals surface area contributed by atoms with Gasteiger partial charge in [0.05, 0.1) is 7.11 Å². The van der Waals surface area contributed by atoms with Gasteiger partial charge in [-0.15, -0.1) is 0 Å². The molecular formula is C17H31N3O3. The summed E-state index contributed by atoms with van der Waals surface area (Å²) in [4.78, 5) is 27.3. The first-order chi connectivity index (χ1) is 11.2. The van der Waals surface area contributed by atoms with E-state index in [2.05, 4.69) is 10.2 Å². The highest BCUT2D eigenvalue weighted by Crippen LogP contribution is 2.27. The van der Waals surface area contributed by atoms with Crippen LogP contribution in [0.4, 0.5) is 4.79 Å². The van der Waals surface area contributed by atoms with Gasteiger partial charge >= 0.3 is 6.09 Å². The number of amides is 2. The second kappa shape index (κ2) is 9.75. The number of ether oxygens (including phenoxy) is 1. The minimum absolute atomic E-state index is 0.184. The minimum atomic E-state index is -0.249. The van der Waals surface area contributed by atoms with Crippen molar-refractivity contribution in [2.45, 2.75) is 44.9 Å². The van der Waals surface area contributed by atoms with Crippen LogP contribution in [0.25, 0.3) is 0 Å². The van der Waals surface area contributed by atoms with Crippen molar-refractivity contribution < 1.29 is 14.3 Å². The Morgan fingerprint density at radius 3 is 2.43 bits per heavy atom. The maximum Gasteiger partial charge on any atom is 0.409 e. The Kier molecular flexibility index (Phi) is 7.65. The Bertz CT molecular complexity index is 375. The van der Waals surface area contributed by atoms with Crippen molar-refractivity contribution in [1.82, 2.24) is 15.1 Å². The van der Waals surface area contributed by atoms with Crippen molar-refractivity contribution in [2.75, 3.05) is 46.4 Å².